The van der Waals surface area contributed by atoms with Crippen LogP contribution in [0.15, 0.2) is 59.6 Å². The third-order valence-corrected chi connectivity index (χ3v) is 7.13. The standard InChI is InChI=1S/C22H29ClN4O2S.HI/c1-24-22(25-12-7-17-30(28,29)18-19-8-3-2-4-9-19)27-15-13-26(14-16-27)21-11-6-5-10-20(21)23;/h2-6,8-11H,7,12-18H2,1H3,(H,24,25);1H. The predicted molar refractivity (Wildman–Crippen MR) is 141 cm³/mol. The Morgan fingerprint density at radius 2 is 1.68 bits per heavy atom. The van der Waals surface area contributed by atoms with Gasteiger partial charge in [0.15, 0.2) is 15.8 Å². The van der Waals surface area contributed by atoms with Crippen LogP contribution in [-0.2, 0) is 15.6 Å². The molecule has 0 unspecified atom stereocenters. The van der Waals surface area contributed by atoms with E-state index in [2.05, 4.69) is 20.1 Å². The monoisotopic (exact) mass is 576 g/mol. The van der Waals surface area contributed by atoms with Crippen LogP contribution in [0.3, 0.4) is 0 Å². The Morgan fingerprint density at radius 1 is 1.03 bits per heavy atom. The summed E-state index contributed by atoms with van der Waals surface area (Å²) in [7, 11) is -1.36. The Kier molecular flexibility index (Phi) is 10.4. The number of hydrogen-bond donors (Lipinski definition) is 1. The van der Waals surface area contributed by atoms with Crippen LogP contribution < -0.4 is 10.2 Å². The van der Waals surface area contributed by atoms with Crippen LogP contribution in [0.2, 0.25) is 5.02 Å². The first kappa shape index (κ1) is 25.7. The molecule has 0 bridgehead atoms. The summed E-state index contributed by atoms with van der Waals surface area (Å²) in [6, 6.07) is 17.2. The molecular formula is C22H30ClIN4O2S. The fourth-order valence-electron chi connectivity index (χ4n) is 3.59. The van der Waals surface area contributed by atoms with Crippen LogP contribution in [0.1, 0.15) is 12.0 Å². The Hall–Kier alpha value is -1.52. The highest BCUT2D eigenvalue weighted by Gasteiger charge is 2.21. The topological polar surface area (TPSA) is 65.0 Å². The molecule has 0 amide bonds. The molecule has 170 valence electrons. The zero-order valence-electron chi connectivity index (χ0n) is 17.7. The van der Waals surface area contributed by atoms with Crippen molar-refractivity contribution in [2.75, 3.05) is 50.4 Å². The van der Waals surface area contributed by atoms with Crippen molar-refractivity contribution in [1.82, 2.24) is 10.2 Å². The van der Waals surface area contributed by atoms with Crippen LogP contribution in [0.4, 0.5) is 5.69 Å². The van der Waals surface area contributed by atoms with Gasteiger partial charge in [-0.15, -0.1) is 24.0 Å². The molecule has 1 fully saturated rings. The molecule has 0 spiro atoms. The van der Waals surface area contributed by atoms with Gasteiger partial charge in [0.05, 0.1) is 22.2 Å². The number of anilines is 1. The molecule has 1 saturated heterocycles. The predicted octanol–water partition coefficient (Wildman–Crippen LogP) is 3.66. The smallest absolute Gasteiger partial charge is 0.193 e. The largest absolute Gasteiger partial charge is 0.367 e. The van der Waals surface area contributed by atoms with Gasteiger partial charge in [-0.3, -0.25) is 4.99 Å². The van der Waals surface area contributed by atoms with Crippen molar-refractivity contribution in [2.45, 2.75) is 12.2 Å². The maximum absolute atomic E-state index is 12.3. The zero-order valence-corrected chi connectivity index (χ0v) is 21.6. The molecule has 0 atom stereocenters. The molecule has 2 aromatic carbocycles. The minimum Gasteiger partial charge on any atom is -0.367 e. The normalized spacial score (nSPS) is 14.8. The molecule has 31 heavy (non-hydrogen) atoms. The number of nitrogens with one attached hydrogen (secondary N) is 1. The fourth-order valence-corrected chi connectivity index (χ4v) is 5.28. The molecule has 1 aliphatic heterocycles. The number of sulfone groups is 1. The van der Waals surface area contributed by atoms with Crippen LogP contribution in [0.5, 0.6) is 0 Å². The number of hydrogen-bond acceptors (Lipinski definition) is 4. The Bertz CT molecular complexity index is 949. The summed E-state index contributed by atoms with van der Waals surface area (Å²) < 4.78 is 24.7. The van der Waals surface area contributed by atoms with Crippen molar-refractivity contribution >= 4 is 57.1 Å². The van der Waals surface area contributed by atoms with Gasteiger partial charge >= 0.3 is 0 Å². The summed E-state index contributed by atoms with van der Waals surface area (Å²) in [4.78, 5) is 8.85. The van der Waals surface area contributed by atoms with Crippen LogP contribution in [-0.4, -0.2) is 64.8 Å². The number of nitrogens with zero attached hydrogens (tertiary/aromatic N) is 3. The number of guanidine groups is 1. The molecule has 9 heteroatoms. The van der Waals surface area contributed by atoms with E-state index >= 15 is 0 Å². The lowest BCUT2D eigenvalue weighted by Gasteiger charge is -2.38. The van der Waals surface area contributed by atoms with E-state index in [1.165, 1.54) is 0 Å². The van der Waals surface area contributed by atoms with E-state index in [4.69, 9.17) is 11.6 Å². The molecule has 1 N–H and O–H groups in total. The van der Waals surface area contributed by atoms with E-state index in [9.17, 15) is 8.42 Å². The van der Waals surface area contributed by atoms with E-state index in [0.29, 0.717) is 13.0 Å². The van der Waals surface area contributed by atoms with E-state index < -0.39 is 9.84 Å². The van der Waals surface area contributed by atoms with Gasteiger partial charge in [-0.25, -0.2) is 8.42 Å². The van der Waals surface area contributed by atoms with Crippen LogP contribution in [0.25, 0.3) is 0 Å². The highest BCUT2D eigenvalue weighted by atomic mass is 127. The van der Waals surface area contributed by atoms with Crippen LogP contribution >= 0.6 is 35.6 Å². The highest BCUT2D eigenvalue weighted by Crippen LogP contribution is 2.26. The van der Waals surface area contributed by atoms with Crippen molar-refractivity contribution in [3.05, 3.63) is 65.2 Å². The minimum absolute atomic E-state index is 0. The van der Waals surface area contributed by atoms with Crippen molar-refractivity contribution in [3.63, 3.8) is 0 Å². The molecule has 0 radical (unpaired) electrons. The molecule has 3 rings (SSSR count). The minimum atomic E-state index is -3.12. The highest BCUT2D eigenvalue weighted by molar-refractivity contribution is 14.0. The van der Waals surface area contributed by atoms with E-state index in [1.807, 2.05) is 54.6 Å². The molecule has 1 aliphatic rings. The van der Waals surface area contributed by atoms with E-state index in [1.54, 1.807) is 7.05 Å². The molecule has 0 aromatic heterocycles. The third kappa shape index (κ3) is 7.84. The molecule has 2 aromatic rings. The number of benzene rings is 2. The molecule has 6 nitrogen and oxygen atoms in total. The summed E-state index contributed by atoms with van der Waals surface area (Å²) >= 11 is 6.32. The van der Waals surface area contributed by atoms with Gasteiger partial charge in [0.1, 0.15) is 0 Å². The first-order chi connectivity index (χ1) is 14.5. The molecule has 0 aliphatic carbocycles. The van der Waals surface area contributed by atoms with E-state index in [0.717, 1.165) is 48.4 Å². The van der Waals surface area contributed by atoms with Crippen LogP contribution in [0, 0.1) is 0 Å². The lowest BCUT2D eigenvalue weighted by molar-refractivity contribution is 0.373. The number of halogens is 2. The van der Waals surface area contributed by atoms with Crippen molar-refractivity contribution in [3.8, 4) is 0 Å². The van der Waals surface area contributed by atoms with Gasteiger partial charge in [0.2, 0.25) is 0 Å². The summed E-state index contributed by atoms with van der Waals surface area (Å²) in [6.45, 7) is 3.95. The van der Waals surface area contributed by atoms with Crippen molar-refractivity contribution < 1.29 is 8.42 Å². The average Bonchev–Trinajstić information content (AvgIpc) is 2.75. The van der Waals surface area contributed by atoms with E-state index in [-0.39, 0.29) is 35.5 Å². The molecule has 1 heterocycles. The Morgan fingerprint density at radius 3 is 2.32 bits per heavy atom. The molecule has 0 saturated carbocycles. The number of piperazine rings is 1. The third-order valence-electron chi connectivity index (χ3n) is 5.13. The number of para-hydroxylation sites is 1. The second-order valence-corrected chi connectivity index (χ2v) is 9.92. The Balaban J connectivity index is 0.00000341. The van der Waals surface area contributed by atoms with Gasteiger partial charge in [-0.05, 0) is 24.1 Å². The van der Waals surface area contributed by atoms with Gasteiger partial charge < -0.3 is 15.1 Å². The van der Waals surface area contributed by atoms with Gasteiger partial charge in [-0.1, -0.05) is 54.1 Å². The maximum atomic E-state index is 12.3. The lowest BCUT2D eigenvalue weighted by Crippen LogP contribution is -2.52. The van der Waals surface area contributed by atoms with Gasteiger partial charge in [-0.2, -0.15) is 0 Å². The summed E-state index contributed by atoms with van der Waals surface area (Å²) in [5.41, 5.74) is 1.89. The maximum Gasteiger partial charge on any atom is 0.193 e. The second-order valence-electron chi connectivity index (χ2n) is 7.33. The average molecular weight is 577 g/mol. The lowest BCUT2D eigenvalue weighted by atomic mass is 10.2. The second kappa shape index (κ2) is 12.5. The Labute approximate surface area is 207 Å². The number of aliphatic imine (C=N–C) groups is 1. The SMILES string of the molecule is CN=C(NCCCS(=O)(=O)Cc1ccccc1)N1CCN(c2ccccc2Cl)CC1.I. The van der Waals surface area contributed by atoms with Gasteiger partial charge in [0, 0.05) is 39.8 Å². The summed E-state index contributed by atoms with van der Waals surface area (Å²) in [5, 5.41) is 4.08. The first-order valence-corrected chi connectivity index (χ1v) is 12.4. The number of rotatable bonds is 7. The van der Waals surface area contributed by atoms with Crippen molar-refractivity contribution in [1.29, 1.82) is 0 Å². The first-order valence-electron chi connectivity index (χ1n) is 10.2. The molecular weight excluding hydrogens is 547 g/mol. The summed E-state index contributed by atoms with van der Waals surface area (Å²) in [6.07, 6.45) is 0.549. The van der Waals surface area contributed by atoms with Gasteiger partial charge in [0.25, 0.3) is 0 Å². The quantitative estimate of drug-likeness (QED) is 0.236. The van der Waals surface area contributed by atoms with Crippen molar-refractivity contribution in [2.24, 2.45) is 4.99 Å². The zero-order chi connectivity index (χ0) is 21.4. The fraction of sp³-hybridized carbons (Fsp3) is 0.409. The summed E-state index contributed by atoms with van der Waals surface area (Å²) in [5.74, 6) is 1.06.